The van der Waals surface area contributed by atoms with Gasteiger partial charge in [-0.25, -0.2) is 8.42 Å². The number of Topliss-reactive ketones (excluding diaryl/α,β-unsaturated/α-hetero) is 1. The predicted molar refractivity (Wildman–Crippen MR) is 160 cm³/mol. The lowest BCUT2D eigenvalue weighted by Crippen LogP contribution is -2.41. The number of piperidine rings is 1. The fraction of sp³-hybridized carbons (Fsp3) is 0.200. The largest absolute Gasteiger partial charge is 0.493 e. The normalized spacial score (nSPS) is 15.8. The van der Waals surface area contributed by atoms with Crippen LogP contribution in [0.3, 0.4) is 0 Å². The van der Waals surface area contributed by atoms with E-state index in [4.69, 9.17) is 14.2 Å². The van der Waals surface area contributed by atoms with E-state index in [9.17, 15) is 28.1 Å². The van der Waals surface area contributed by atoms with Crippen molar-refractivity contribution >= 4 is 45.2 Å². The van der Waals surface area contributed by atoms with Gasteiger partial charge >= 0.3 is 0 Å². The number of ketones is 1. The number of methoxy groups -OCH3 is 3. The van der Waals surface area contributed by atoms with Crippen LogP contribution in [0.1, 0.15) is 18.1 Å². The summed E-state index contributed by atoms with van der Waals surface area (Å²) in [5.41, 5.74) is 1.37. The molecule has 3 aromatic rings. The first-order valence-corrected chi connectivity index (χ1v) is 14.3. The number of sulfonamides is 1. The minimum absolute atomic E-state index is 0.0437. The third-order valence-electron chi connectivity index (χ3n) is 6.54. The number of carbonyl (C=O) groups is 2. The zero-order valence-corrected chi connectivity index (χ0v) is 24.6. The van der Waals surface area contributed by atoms with Crippen LogP contribution >= 0.6 is 0 Å². The summed E-state index contributed by atoms with van der Waals surface area (Å²) in [6.07, 6.45) is 2.98. The number of anilines is 1. The van der Waals surface area contributed by atoms with Gasteiger partial charge in [0.1, 0.15) is 0 Å². The maximum absolute atomic E-state index is 13.8. The van der Waals surface area contributed by atoms with Crippen molar-refractivity contribution in [3.8, 4) is 17.2 Å². The molecule has 0 saturated carbocycles. The topological polar surface area (TPSA) is 154 Å². The van der Waals surface area contributed by atoms with E-state index in [-0.39, 0.29) is 40.7 Å². The van der Waals surface area contributed by atoms with Crippen LogP contribution in [0.25, 0.3) is 12.2 Å². The van der Waals surface area contributed by atoms with E-state index in [1.165, 1.54) is 82.9 Å². The van der Waals surface area contributed by atoms with Crippen LogP contribution in [0.2, 0.25) is 0 Å². The zero-order chi connectivity index (χ0) is 31.3. The van der Waals surface area contributed by atoms with Crippen LogP contribution in [0.4, 0.5) is 11.4 Å². The van der Waals surface area contributed by atoms with Crippen LogP contribution in [0.5, 0.6) is 17.2 Å². The van der Waals surface area contributed by atoms with Crippen LogP contribution in [0.15, 0.2) is 76.7 Å². The number of amides is 1. The molecule has 0 aliphatic carbocycles. The summed E-state index contributed by atoms with van der Waals surface area (Å²) < 4.78 is 44.9. The van der Waals surface area contributed by atoms with Crippen molar-refractivity contribution < 1.29 is 37.1 Å². The van der Waals surface area contributed by atoms with Crippen molar-refractivity contribution in [1.82, 2.24) is 4.31 Å². The van der Waals surface area contributed by atoms with Crippen LogP contribution in [-0.4, -0.2) is 63.8 Å². The third kappa shape index (κ3) is 6.90. The monoisotopic (exact) mass is 607 g/mol. The first-order valence-electron chi connectivity index (χ1n) is 12.8. The summed E-state index contributed by atoms with van der Waals surface area (Å²) in [4.78, 5) is 35.8. The molecule has 1 amide bonds. The minimum atomic E-state index is -4.13. The molecule has 1 aliphatic rings. The van der Waals surface area contributed by atoms with Gasteiger partial charge in [0.25, 0.3) is 5.69 Å². The molecule has 1 saturated heterocycles. The van der Waals surface area contributed by atoms with Crippen molar-refractivity contribution in [2.24, 2.45) is 0 Å². The Bertz CT molecular complexity index is 1720. The Morgan fingerprint density at radius 2 is 1.49 bits per heavy atom. The Kier molecular flexibility index (Phi) is 9.27. The van der Waals surface area contributed by atoms with Crippen LogP contribution in [0, 0.1) is 10.1 Å². The fourth-order valence-electron chi connectivity index (χ4n) is 4.56. The second-order valence-corrected chi connectivity index (χ2v) is 11.4. The average Bonchev–Trinajstić information content (AvgIpc) is 2.98. The van der Waals surface area contributed by atoms with E-state index >= 15 is 0 Å². The first-order chi connectivity index (χ1) is 20.5. The molecule has 1 N–H and O–H groups in total. The van der Waals surface area contributed by atoms with E-state index in [1.54, 1.807) is 18.2 Å². The molecule has 0 atom stereocenters. The maximum atomic E-state index is 13.8. The lowest BCUT2D eigenvalue weighted by molar-refractivity contribution is -0.384. The second-order valence-electron chi connectivity index (χ2n) is 9.46. The van der Waals surface area contributed by atoms with Crippen molar-refractivity contribution in [3.63, 3.8) is 0 Å². The lowest BCUT2D eigenvalue weighted by atomic mass is 9.95. The number of benzene rings is 3. The molecule has 0 spiro atoms. The van der Waals surface area contributed by atoms with Gasteiger partial charge in [-0.2, -0.15) is 4.31 Å². The van der Waals surface area contributed by atoms with E-state index in [0.29, 0.717) is 34.1 Å². The smallest absolute Gasteiger partial charge is 0.270 e. The third-order valence-corrected chi connectivity index (χ3v) is 8.34. The van der Waals surface area contributed by atoms with E-state index in [1.807, 2.05) is 0 Å². The van der Waals surface area contributed by atoms with E-state index < -0.39 is 20.7 Å². The maximum Gasteiger partial charge on any atom is 0.270 e. The highest BCUT2D eigenvalue weighted by molar-refractivity contribution is 7.89. The number of nitro benzene ring substituents is 1. The molecular weight excluding hydrogens is 578 g/mol. The molecule has 0 unspecified atom stereocenters. The summed E-state index contributed by atoms with van der Waals surface area (Å²) in [5.74, 6) is 0.303. The number of hydrogen-bond donors (Lipinski definition) is 1. The van der Waals surface area contributed by atoms with Gasteiger partial charge in [-0.3, -0.25) is 19.7 Å². The van der Waals surface area contributed by atoms with Crippen molar-refractivity contribution in [2.75, 3.05) is 39.7 Å². The number of nitrogens with one attached hydrogen (secondary N) is 1. The summed E-state index contributed by atoms with van der Waals surface area (Å²) in [5, 5.41) is 13.9. The molecule has 224 valence electrons. The number of carbonyl (C=O) groups excluding carboxylic acids is 2. The molecule has 0 bridgehead atoms. The Hall–Kier alpha value is -5.01. The lowest BCUT2D eigenvalue weighted by Gasteiger charge is -2.29. The van der Waals surface area contributed by atoms with E-state index in [2.05, 4.69) is 5.32 Å². The van der Waals surface area contributed by atoms with Gasteiger partial charge in [0, 0.05) is 49.0 Å². The second kappa shape index (κ2) is 12.9. The molecule has 13 heteroatoms. The van der Waals surface area contributed by atoms with Gasteiger partial charge in [-0.15, -0.1) is 0 Å². The minimum Gasteiger partial charge on any atom is -0.493 e. The quantitative estimate of drug-likeness (QED) is 0.213. The number of ether oxygens (including phenoxy) is 3. The van der Waals surface area contributed by atoms with Gasteiger partial charge in [-0.05, 0) is 59.7 Å². The zero-order valence-electron chi connectivity index (χ0n) is 23.8. The Morgan fingerprint density at radius 3 is 2.00 bits per heavy atom. The molecule has 3 aromatic carbocycles. The molecule has 1 fully saturated rings. The molecule has 43 heavy (non-hydrogen) atoms. The van der Waals surface area contributed by atoms with Crippen LogP contribution < -0.4 is 19.5 Å². The summed E-state index contributed by atoms with van der Waals surface area (Å²) in [6, 6.07) is 14.6. The van der Waals surface area contributed by atoms with E-state index in [0.717, 1.165) is 4.31 Å². The fourth-order valence-corrected chi connectivity index (χ4v) is 5.95. The Labute approximate surface area is 248 Å². The number of nitro groups is 1. The van der Waals surface area contributed by atoms with Crippen LogP contribution in [-0.2, 0) is 19.6 Å². The molecule has 12 nitrogen and oxygen atoms in total. The Balaban J connectivity index is 1.82. The predicted octanol–water partition coefficient (Wildman–Crippen LogP) is 4.32. The standard InChI is InChI=1S/C30H29N3O9S/c1-19(34)31-24-8-10-26(11-9-24)43(38,39)32-17-22(12-20-6-5-7-25(14-20)33(36)37)29(35)23(18-32)13-21-15-27(40-2)30(42-4)28(16-21)41-3/h5-16H,17-18H2,1-4H3,(H,31,34). The average molecular weight is 608 g/mol. The number of non-ortho nitro benzene ring substituents is 1. The Morgan fingerprint density at radius 1 is 0.907 bits per heavy atom. The molecule has 1 aliphatic heterocycles. The number of hydrogen-bond acceptors (Lipinski definition) is 9. The molecule has 0 aromatic heterocycles. The molecule has 1 heterocycles. The number of nitrogens with zero attached hydrogens (tertiary/aromatic N) is 2. The summed E-state index contributed by atoms with van der Waals surface area (Å²) in [6.45, 7) is 0.813. The summed E-state index contributed by atoms with van der Waals surface area (Å²) in [7, 11) is 0.228. The van der Waals surface area contributed by atoms with Crippen molar-refractivity contribution in [2.45, 2.75) is 11.8 Å². The molecular formula is C30H29N3O9S. The highest BCUT2D eigenvalue weighted by Gasteiger charge is 2.34. The SMILES string of the molecule is COc1cc(C=C2CN(S(=O)(=O)c3ccc(NC(C)=O)cc3)CC(=Cc3cccc([N+](=O)[O-])c3)C2=O)cc(OC)c1OC. The summed E-state index contributed by atoms with van der Waals surface area (Å²) >= 11 is 0. The highest BCUT2D eigenvalue weighted by atomic mass is 32.2. The number of rotatable bonds is 9. The van der Waals surface area contributed by atoms with Gasteiger partial charge < -0.3 is 19.5 Å². The van der Waals surface area contributed by atoms with Gasteiger partial charge in [0.05, 0.1) is 31.1 Å². The van der Waals surface area contributed by atoms with Gasteiger partial charge in [0.15, 0.2) is 17.3 Å². The van der Waals surface area contributed by atoms with Gasteiger partial charge in [0.2, 0.25) is 21.7 Å². The first kappa shape index (κ1) is 30.9. The molecule has 0 radical (unpaired) electrons. The van der Waals surface area contributed by atoms with Gasteiger partial charge in [-0.1, -0.05) is 12.1 Å². The van der Waals surface area contributed by atoms with Crippen molar-refractivity contribution in [3.05, 3.63) is 93.1 Å². The molecule has 4 rings (SSSR count). The highest BCUT2D eigenvalue weighted by Crippen LogP contribution is 2.39. The van der Waals surface area contributed by atoms with Crippen molar-refractivity contribution in [1.29, 1.82) is 0 Å².